The van der Waals surface area contributed by atoms with E-state index in [9.17, 15) is 14.7 Å². The van der Waals surface area contributed by atoms with Crippen LogP contribution in [-0.4, -0.2) is 38.6 Å². The molecular weight excluding hydrogens is 591 g/mol. The largest absolute Gasteiger partial charge is 0.507 e. The molecule has 1 N–H and O–H groups in total. The van der Waals surface area contributed by atoms with Crippen LogP contribution in [0.5, 0.6) is 5.75 Å². The number of carbonyl (C=O) groups is 2. The fourth-order valence-corrected chi connectivity index (χ4v) is 6.50. The summed E-state index contributed by atoms with van der Waals surface area (Å²) < 4.78 is 6.25. The van der Waals surface area contributed by atoms with Crippen molar-refractivity contribution in [3.8, 4) is 5.75 Å². The molecule has 0 aliphatic carbocycles. The molecule has 1 atom stereocenters. The van der Waals surface area contributed by atoms with Gasteiger partial charge in [0.05, 0.1) is 11.6 Å². The van der Waals surface area contributed by atoms with E-state index in [1.807, 2.05) is 6.07 Å². The van der Waals surface area contributed by atoms with Crippen molar-refractivity contribution in [1.82, 2.24) is 15.2 Å². The number of rotatable bonds is 9. The smallest absolute Gasteiger partial charge is 0.301 e. The number of halogens is 2. The number of nitrogens with zero attached hydrogens (tertiary/aromatic N) is 4. The highest BCUT2D eigenvalue weighted by molar-refractivity contribution is 8.00. The first-order valence-corrected chi connectivity index (χ1v) is 14.4. The lowest BCUT2D eigenvalue weighted by atomic mass is 9.95. The minimum absolute atomic E-state index is 0.0746. The summed E-state index contributed by atoms with van der Waals surface area (Å²) in [5.41, 5.74) is 1.69. The van der Waals surface area contributed by atoms with E-state index >= 15 is 0 Å². The second kappa shape index (κ2) is 12.2. The lowest BCUT2D eigenvalue weighted by Gasteiger charge is -2.23. The zero-order valence-corrected chi connectivity index (χ0v) is 23.8. The molecule has 1 amide bonds. The lowest BCUT2D eigenvalue weighted by Crippen LogP contribution is -2.29. The van der Waals surface area contributed by atoms with Crippen LogP contribution in [0.4, 0.5) is 5.13 Å². The zero-order chi connectivity index (χ0) is 28.2. The van der Waals surface area contributed by atoms with Crippen molar-refractivity contribution in [2.24, 2.45) is 0 Å². The number of pyridine rings is 1. The summed E-state index contributed by atoms with van der Waals surface area (Å²) in [6.07, 6.45) is 4.59. The number of carbonyl (C=O) groups excluding carboxylic acids is 2. The first-order chi connectivity index (χ1) is 19.4. The molecule has 0 spiro atoms. The fraction of sp³-hybridized carbons (Fsp3) is 0.107. The Kier molecular flexibility index (Phi) is 8.51. The molecule has 1 fully saturated rings. The van der Waals surface area contributed by atoms with Crippen molar-refractivity contribution < 1.29 is 19.4 Å². The number of ketones is 1. The van der Waals surface area contributed by atoms with Gasteiger partial charge >= 0.3 is 5.91 Å². The highest BCUT2D eigenvalue weighted by atomic mass is 35.5. The number of anilines is 1. The SMILES string of the molecule is C=CCOc1cccc(C2/C(=C(\O)c3ccncc3)C(=O)C(=O)N2c2nnc(SCc3ccc(Cl)cc3Cl)s2)c1. The van der Waals surface area contributed by atoms with Gasteiger partial charge in [-0.15, -0.1) is 10.2 Å². The van der Waals surface area contributed by atoms with Gasteiger partial charge in [0.25, 0.3) is 5.78 Å². The molecule has 1 saturated heterocycles. The van der Waals surface area contributed by atoms with Gasteiger partial charge in [0.1, 0.15) is 18.1 Å². The Labute approximate surface area is 247 Å². The number of amides is 1. The third-order valence-corrected chi connectivity index (χ3v) is 8.60. The third-order valence-electron chi connectivity index (χ3n) is 5.91. The molecule has 3 heterocycles. The summed E-state index contributed by atoms with van der Waals surface area (Å²) >= 11 is 14.8. The van der Waals surface area contributed by atoms with Gasteiger partial charge in [0.15, 0.2) is 4.34 Å². The number of aromatic nitrogens is 3. The predicted octanol–water partition coefficient (Wildman–Crippen LogP) is 6.72. The Morgan fingerprint density at radius 1 is 1.12 bits per heavy atom. The van der Waals surface area contributed by atoms with E-state index < -0.39 is 17.7 Å². The first kappa shape index (κ1) is 27.9. The second-order valence-electron chi connectivity index (χ2n) is 8.45. The molecule has 1 aliphatic rings. The summed E-state index contributed by atoms with van der Waals surface area (Å²) in [5.74, 6) is -0.972. The Morgan fingerprint density at radius 2 is 1.93 bits per heavy atom. The Hall–Kier alpha value is -3.70. The molecular formula is C28H20Cl2N4O4S2. The number of Topliss-reactive ketones (excluding diaryl/α,β-unsaturated/α-hetero) is 1. The van der Waals surface area contributed by atoms with E-state index in [1.165, 1.54) is 29.1 Å². The topological polar surface area (TPSA) is 106 Å². The van der Waals surface area contributed by atoms with Crippen LogP contribution in [0.1, 0.15) is 22.7 Å². The van der Waals surface area contributed by atoms with Gasteiger partial charge in [-0.2, -0.15) is 0 Å². The maximum atomic E-state index is 13.4. The van der Waals surface area contributed by atoms with Crippen molar-refractivity contribution in [2.45, 2.75) is 16.1 Å². The highest BCUT2D eigenvalue weighted by Gasteiger charge is 2.48. The number of hydrogen-bond acceptors (Lipinski definition) is 9. The molecule has 1 unspecified atom stereocenters. The Balaban J connectivity index is 1.53. The highest BCUT2D eigenvalue weighted by Crippen LogP contribution is 2.44. The molecule has 8 nitrogen and oxygen atoms in total. The van der Waals surface area contributed by atoms with Gasteiger partial charge in [0.2, 0.25) is 5.13 Å². The molecule has 0 radical (unpaired) electrons. The summed E-state index contributed by atoms with van der Waals surface area (Å²) in [4.78, 5) is 32.0. The van der Waals surface area contributed by atoms with Gasteiger partial charge in [-0.1, -0.05) is 77.2 Å². The second-order valence-corrected chi connectivity index (χ2v) is 11.5. The third kappa shape index (κ3) is 5.75. The van der Waals surface area contributed by atoms with Crippen LogP contribution in [-0.2, 0) is 15.3 Å². The molecule has 202 valence electrons. The van der Waals surface area contributed by atoms with Crippen LogP contribution in [0.25, 0.3) is 5.76 Å². The quantitative estimate of drug-likeness (QED) is 0.0555. The standard InChI is InChI=1S/C28H20Cl2N4O4S2/c1-2-12-38-20-5-3-4-17(13-20)23-22(24(35)16-8-10-31-11-9-16)25(36)26(37)34(23)27-32-33-28(40-27)39-15-18-6-7-19(29)14-21(18)30/h2-11,13-14,23,35H,1,12,15H2/b24-22+. The lowest BCUT2D eigenvalue weighted by molar-refractivity contribution is -0.132. The summed E-state index contributed by atoms with van der Waals surface area (Å²) in [6.45, 7) is 3.94. The fourth-order valence-electron chi connectivity index (χ4n) is 4.08. The first-order valence-electron chi connectivity index (χ1n) is 11.8. The summed E-state index contributed by atoms with van der Waals surface area (Å²) in [5, 5.41) is 21.0. The minimum atomic E-state index is -0.975. The molecule has 0 bridgehead atoms. The van der Waals surface area contributed by atoms with E-state index in [0.717, 1.165) is 16.9 Å². The van der Waals surface area contributed by atoms with Crippen molar-refractivity contribution >= 4 is 68.9 Å². The zero-order valence-electron chi connectivity index (χ0n) is 20.7. The minimum Gasteiger partial charge on any atom is -0.507 e. The van der Waals surface area contributed by atoms with E-state index in [2.05, 4.69) is 21.8 Å². The molecule has 2 aromatic heterocycles. The number of aliphatic hydroxyl groups is 1. The maximum Gasteiger partial charge on any atom is 0.301 e. The monoisotopic (exact) mass is 610 g/mol. The molecule has 12 heteroatoms. The normalized spacial score (nSPS) is 16.4. The van der Waals surface area contributed by atoms with Crippen molar-refractivity contribution in [2.75, 3.05) is 11.5 Å². The molecule has 1 aliphatic heterocycles. The van der Waals surface area contributed by atoms with E-state index in [1.54, 1.807) is 54.6 Å². The molecule has 4 aromatic rings. The molecule has 2 aromatic carbocycles. The summed E-state index contributed by atoms with van der Waals surface area (Å²) in [6, 6.07) is 14.4. The molecule has 0 saturated carbocycles. The van der Waals surface area contributed by atoms with Gasteiger partial charge in [0, 0.05) is 33.8 Å². The average Bonchev–Trinajstić information content (AvgIpc) is 3.53. The number of aliphatic hydroxyl groups excluding tert-OH is 1. The molecule has 5 rings (SSSR count). The Bertz CT molecular complexity index is 1630. The van der Waals surface area contributed by atoms with Crippen LogP contribution in [0.3, 0.4) is 0 Å². The Morgan fingerprint density at radius 3 is 2.67 bits per heavy atom. The predicted molar refractivity (Wildman–Crippen MR) is 157 cm³/mol. The van der Waals surface area contributed by atoms with Gasteiger partial charge in [-0.25, -0.2) is 0 Å². The van der Waals surface area contributed by atoms with Crippen LogP contribution in [0.15, 0.2) is 89.6 Å². The van der Waals surface area contributed by atoms with Crippen LogP contribution < -0.4 is 9.64 Å². The van der Waals surface area contributed by atoms with Crippen molar-refractivity contribution in [3.63, 3.8) is 0 Å². The van der Waals surface area contributed by atoms with Gasteiger partial charge < -0.3 is 9.84 Å². The van der Waals surface area contributed by atoms with Crippen LogP contribution >= 0.6 is 46.3 Å². The number of benzene rings is 2. The summed E-state index contributed by atoms with van der Waals surface area (Å²) in [7, 11) is 0. The van der Waals surface area contributed by atoms with Crippen LogP contribution in [0, 0.1) is 0 Å². The molecule has 40 heavy (non-hydrogen) atoms. The van der Waals surface area contributed by atoms with E-state index in [4.69, 9.17) is 27.9 Å². The van der Waals surface area contributed by atoms with Crippen molar-refractivity contribution in [3.05, 3.63) is 112 Å². The number of hydrogen-bond donors (Lipinski definition) is 1. The van der Waals surface area contributed by atoms with Crippen molar-refractivity contribution in [1.29, 1.82) is 0 Å². The average molecular weight is 612 g/mol. The maximum absolute atomic E-state index is 13.4. The van der Waals surface area contributed by atoms with E-state index in [0.29, 0.717) is 37.0 Å². The van der Waals surface area contributed by atoms with Gasteiger partial charge in [-0.05, 0) is 47.5 Å². The number of thioether (sulfide) groups is 1. The van der Waals surface area contributed by atoms with Crippen LogP contribution in [0.2, 0.25) is 10.0 Å². The number of ether oxygens (including phenoxy) is 1. The van der Waals surface area contributed by atoms with E-state index in [-0.39, 0.29) is 23.1 Å². The van der Waals surface area contributed by atoms with Gasteiger partial charge in [-0.3, -0.25) is 19.5 Å².